The van der Waals surface area contributed by atoms with Crippen molar-refractivity contribution in [2.24, 2.45) is 0 Å². The summed E-state index contributed by atoms with van der Waals surface area (Å²) in [6.45, 7) is 2.70. The van der Waals surface area contributed by atoms with Gasteiger partial charge in [-0.2, -0.15) is 5.06 Å². The highest BCUT2D eigenvalue weighted by molar-refractivity contribution is 5.75. The van der Waals surface area contributed by atoms with Crippen molar-refractivity contribution >= 4 is 11.9 Å². The molecule has 1 saturated carbocycles. The summed E-state index contributed by atoms with van der Waals surface area (Å²) >= 11 is 0. The Balaban J connectivity index is 1.98. The molecular weight excluding hydrogens is 258 g/mol. The molecule has 20 heavy (non-hydrogen) atoms. The fraction of sp³-hybridized carbons (Fsp3) is 0.467. The minimum Gasteiger partial charge on any atom is -0.497 e. The maximum atomic E-state index is 11.5. The Morgan fingerprint density at radius 1 is 1.25 bits per heavy atom. The van der Waals surface area contributed by atoms with Crippen LogP contribution >= 0.6 is 0 Å². The van der Waals surface area contributed by atoms with Gasteiger partial charge < -0.3 is 9.57 Å². The number of hydrogen-bond donors (Lipinski definition) is 0. The lowest BCUT2D eigenvalue weighted by atomic mass is 9.75. The van der Waals surface area contributed by atoms with E-state index in [1.165, 1.54) is 24.5 Å². The van der Waals surface area contributed by atoms with E-state index in [2.05, 4.69) is 0 Å². The van der Waals surface area contributed by atoms with E-state index in [4.69, 9.17) is 9.57 Å². The molecule has 0 unspecified atom stereocenters. The average molecular weight is 277 g/mol. The quantitative estimate of drug-likeness (QED) is 0.795. The molecule has 1 aromatic carbocycles. The van der Waals surface area contributed by atoms with Gasteiger partial charge in [0.2, 0.25) is 0 Å². The fourth-order valence-corrected chi connectivity index (χ4v) is 2.48. The maximum absolute atomic E-state index is 11.5. The SMILES string of the molecule is COc1cccc(C2CC(N(OC(C)=O)C(C)=O)C2)c1. The third-order valence-corrected chi connectivity index (χ3v) is 3.55. The monoisotopic (exact) mass is 277 g/mol. The third-order valence-electron chi connectivity index (χ3n) is 3.55. The summed E-state index contributed by atoms with van der Waals surface area (Å²) in [6.07, 6.45) is 1.58. The van der Waals surface area contributed by atoms with Crippen molar-refractivity contribution in [3.05, 3.63) is 29.8 Å². The highest BCUT2D eigenvalue weighted by Crippen LogP contribution is 2.40. The van der Waals surface area contributed by atoms with E-state index in [1.807, 2.05) is 24.3 Å². The van der Waals surface area contributed by atoms with Gasteiger partial charge in [0.25, 0.3) is 5.91 Å². The molecule has 1 aliphatic rings. The topological polar surface area (TPSA) is 55.8 Å². The molecule has 5 heteroatoms. The van der Waals surface area contributed by atoms with E-state index in [1.54, 1.807) is 7.11 Å². The van der Waals surface area contributed by atoms with Crippen LogP contribution in [0.1, 0.15) is 38.2 Å². The molecule has 1 aromatic rings. The Morgan fingerprint density at radius 3 is 2.50 bits per heavy atom. The predicted molar refractivity (Wildman–Crippen MR) is 73.0 cm³/mol. The van der Waals surface area contributed by atoms with Crippen LogP contribution in [0, 0.1) is 0 Å². The van der Waals surface area contributed by atoms with Gasteiger partial charge in [-0.15, -0.1) is 0 Å². The minimum atomic E-state index is -0.468. The number of benzene rings is 1. The van der Waals surface area contributed by atoms with Crippen molar-refractivity contribution < 1.29 is 19.2 Å². The zero-order chi connectivity index (χ0) is 14.7. The van der Waals surface area contributed by atoms with Crippen LogP contribution in [0.4, 0.5) is 0 Å². The summed E-state index contributed by atoms with van der Waals surface area (Å²) in [7, 11) is 1.64. The van der Waals surface area contributed by atoms with Gasteiger partial charge in [-0.05, 0) is 36.5 Å². The summed E-state index contributed by atoms with van der Waals surface area (Å²) < 4.78 is 5.20. The van der Waals surface area contributed by atoms with E-state index in [-0.39, 0.29) is 11.9 Å². The van der Waals surface area contributed by atoms with Crippen molar-refractivity contribution in [2.45, 2.75) is 38.6 Å². The van der Waals surface area contributed by atoms with Gasteiger partial charge in [0, 0.05) is 13.8 Å². The molecule has 0 atom stereocenters. The van der Waals surface area contributed by atoms with E-state index < -0.39 is 5.97 Å². The Labute approximate surface area is 118 Å². The smallest absolute Gasteiger partial charge is 0.329 e. The summed E-state index contributed by atoms with van der Waals surface area (Å²) in [6, 6.07) is 7.88. The number of nitrogens with zero attached hydrogens (tertiary/aromatic N) is 1. The number of ether oxygens (including phenoxy) is 1. The van der Waals surface area contributed by atoms with Crippen LogP contribution in [0.5, 0.6) is 5.75 Å². The van der Waals surface area contributed by atoms with Crippen molar-refractivity contribution in [1.29, 1.82) is 0 Å². The highest BCUT2D eigenvalue weighted by Gasteiger charge is 2.38. The number of carbonyl (C=O) groups excluding carboxylic acids is 2. The summed E-state index contributed by atoms with van der Waals surface area (Å²) in [5.74, 6) is 0.487. The van der Waals surface area contributed by atoms with Crippen molar-refractivity contribution in [3.8, 4) is 5.75 Å². The molecule has 0 aliphatic heterocycles. The van der Waals surface area contributed by atoms with Crippen LogP contribution in [0.15, 0.2) is 24.3 Å². The molecule has 1 aliphatic carbocycles. The van der Waals surface area contributed by atoms with E-state index in [9.17, 15) is 9.59 Å². The van der Waals surface area contributed by atoms with Gasteiger partial charge in [0.1, 0.15) is 5.75 Å². The Morgan fingerprint density at radius 2 is 1.95 bits per heavy atom. The van der Waals surface area contributed by atoms with Gasteiger partial charge >= 0.3 is 5.97 Å². The van der Waals surface area contributed by atoms with Crippen LogP contribution in [-0.2, 0) is 14.4 Å². The molecule has 0 saturated heterocycles. The first-order chi connectivity index (χ1) is 9.51. The standard InChI is InChI=1S/C15H19NO4/c1-10(17)16(20-11(2)18)14-7-13(8-14)12-5-4-6-15(9-12)19-3/h4-6,9,13-14H,7-8H2,1-3H3. The molecular formula is C15H19NO4. The Hall–Kier alpha value is -2.04. The third kappa shape index (κ3) is 3.10. The summed E-state index contributed by atoms with van der Waals surface area (Å²) in [4.78, 5) is 27.5. The molecule has 0 aromatic heterocycles. The van der Waals surface area contributed by atoms with Crippen molar-refractivity contribution in [2.75, 3.05) is 7.11 Å². The zero-order valence-corrected chi connectivity index (χ0v) is 12.0. The van der Waals surface area contributed by atoms with Gasteiger partial charge in [-0.3, -0.25) is 9.59 Å². The molecule has 108 valence electrons. The second kappa shape index (κ2) is 5.94. The van der Waals surface area contributed by atoms with Crippen molar-refractivity contribution in [3.63, 3.8) is 0 Å². The number of hydrogen-bond acceptors (Lipinski definition) is 4. The number of carbonyl (C=O) groups is 2. The van der Waals surface area contributed by atoms with Gasteiger partial charge in [0.15, 0.2) is 0 Å². The summed E-state index contributed by atoms with van der Waals surface area (Å²) in [5.41, 5.74) is 1.19. The molecule has 1 amide bonds. The number of amides is 1. The van der Waals surface area contributed by atoms with Crippen LogP contribution in [0.3, 0.4) is 0 Å². The second-order valence-corrected chi connectivity index (χ2v) is 5.03. The first kappa shape index (κ1) is 14.4. The zero-order valence-electron chi connectivity index (χ0n) is 12.0. The Kier molecular flexibility index (Phi) is 4.27. The molecule has 0 bridgehead atoms. The molecule has 1 fully saturated rings. The maximum Gasteiger partial charge on any atom is 0.329 e. The lowest BCUT2D eigenvalue weighted by Gasteiger charge is -2.40. The van der Waals surface area contributed by atoms with E-state index >= 15 is 0 Å². The number of rotatable bonds is 3. The van der Waals surface area contributed by atoms with Crippen LogP contribution in [0.25, 0.3) is 0 Å². The minimum absolute atomic E-state index is 0.0346. The lowest BCUT2D eigenvalue weighted by molar-refractivity contribution is -0.211. The molecule has 0 spiro atoms. The van der Waals surface area contributed by atoms with Crippen molar-refractivity contribution in [1.82, 2.24) is 5.06 Å². The largest absolute Gasteiger partial charge is 0.497 e. The van der Waals surface area contributed by atoms with Crippen LogP contribution in [0.2, 0.25) is 0 Å². The van der Waals surface area contributed by atoms with E-state index in [0.717, 1.165) is 18.6 Å². The fourth-order valence-electron chi connectivity index (χ4n) is 2.48. The van der Waals surface area contributed by atoms with Gasteiger partial charge in [-0.25, -0.2) is 0 Å². The van der Waals surface area contributed by atoms with Crippen LogP contribution in [-0.4, -0.2) is 30.1 Å². The number of methoxy groups -OCH3 is 1. The Bertz CT molecular complexity index is 508. The first-order valence-electron chi connectivity index (χ1n) is 6.63. The average Bonchev–Trinajstić information content (AvgIpc) is 2.35. The predicted octanol–water partition coefficient (Wildman–Crippen LogP) is 2.27. The lowest BCUT2D eigenvalue weighted by Crippen LogP contribution is -2.46. The second-order valence-electron chi connectivity index (χ2n) is 5.03. The van der Waals surface area contributed by atoms with Gasteiger partial charge in [-0.1, -0.05) is 12.1 Å². The molecule has 2 rings (SSSR count). The summed E-state index contributed by atoms with van der Waals surface area (Å²) in [5, 5.41) is 1.19. The van der Waals surface area contributed by atoms with Crippen LogP contribution < -0.4 is 4.74 Å². The van der Waals surface area contributed by atoms with Gasteiger partial charge in [0.05, 0.1) is 13.2 Å². The molecule has 0 heterocycles. The highest BCUT2D eigenvalue weighted by atomic mass is 16.7. The number of hydroxylamine groups is 2. The molecule has 0 N–H and O–H groups in total. The molecule has 0 radical (unpaired) electrons. The normalized spacial score (nSPS) is 20.8. The first-order valence-corrected chi connectivity index (χ1v) is 6.63. The van der Waals surface area contributed by atoms with E-state index in [0.29, 0.717) is 5.92 Å². The molecule has 5 nitrogen and oxygen atoms in total.